The first kappa shape index (κ1) is 14.1. The van der Waals surface area contributed by atoms with Crippen molar-refractivity contribution < 1.29 is 9.90 Å². The number of hydrogen-bond acceptors (Lipinski definition) is 2. The molecule has 3 nitrogen and oxygen atoms in total. The quantitative estimate of drug-likeness (QED) is 0.739. The molecule has 0 unspecified atom stereocenters. The summed E-state index contributed by atoms with van der Waals surface area (Å²) in [6.45, 7) is 1.78. The molecule has 1 aliphatic carbocycles. The molecule has 1 aromatic rings. The van der Waals surface area contributed by atoms with E-state index in [2.05, 4.69) is 5.32 Å². The van der Waals surface area contributed by atoms with E-state index < -0.39 is 5.97 Å². The second-order valence-electron chi connectivity index (χ2n) is 5.48. The van der Waals surface area contributed by atoms with Crippen molar-refractivity contribution in [1.29, 1.82) is 0 Å². The van der Waals surface area contributed by atoms with Crippen molar-refractivity contribution in [3.63, 3.8) is 0 Å². The van der Waals surface area contributed by atoms with E-state index in [0.717, 1.165) is 24.6 Å². The predicted molar refractivity (Wildman–Crippen MR) is 76.3 cm³/mol. The Bertz CT molecular complexity index is 411. The third-order valence-electron chi connectivity index (χ3n) is 3.94. The smallest absolute Gasteiger partial charge is 0.335 e. The first-order valence-corrected chi connectivity index (χ1v) is 7.28. The molecule has 2 rings (SSSR count). The van der Waals surface area contributed by atoms with Crippen molar-refractivity contribution in [2.24, 2.45) is 5.92 Å². The van der Waals surface area contributed by atoms with Gasteiger partial charge in [-0.3, -0.25) is 0 Å². The molecule has 0 aliphatic heterocycles. The molecule has 0 atom stereocenters. The van der Waals surface area contributed by atoms with Crippen LogP contribution in [0.3, 0.4) is 0 Å². The van der Waals surface area contributed by atoms with Crippen LogP contribution in [0.1, 0.15) is 54.4 Å². The molecule has 0 bridgehead atoms. The number of aromatic carboxylic acids is 1. The van der Waals surface area contributed by atoms with Crippen molar-refractivity contribution in [3.05, 3.63) is 35.4 Å². The highest BCUT2D eigenvalue weighted by molar-refractivity contribution is 5.87. The van der Waals surface area contributed by atoms with Gasteiger partial charge in [0.25, 0.3) is 0 Å². The van der Waals surface area contributed by atoms with Gasteiger partial charge >= 0.3 is 5.97 Å². The van der Waals surface area contributed by atoms with Crippen molar-refractivity contribution in [3.8, 4) is 0 Å². The van der Waals surface area contributed by atoms with Gasteiger partial charge in [0.15, 0.2) is 0 Å². The molecule has 0 saturated heterocycles. The van der Waals surface area contributed by atoms with Crippen LogP contribution in [0.15, 0.2) is 24.3 Å². The normalized spacial score (nSPS) is 15.8. The number of nitrogens with one attached hydrogen (secondary N) is 1. The topological polar surface area (TPSA) is 49.3 Å². The maximum atomic E-state index is 10.9. The molecule has 1 fully saturated rings. The van der Waals surface area contributed by atoms with Gasteiger partial charge in [0.1, 0.15) is 0 Å². The van der Waals surface area contributed by atoms with Gasteiger partial charge in [-0.15, -0.1) is 0 Å². The van der Waals surface area contributed by atoms with Crippen LogP contribution in [-0.2, 0) is 6.54 Å². The van der Waals surface area contributed by atoms with Crippen LogP contribution in [0, 0.1) is 5.92 Å². The summed E-state index contributed by atoms with van der Waals surface area (Å²) in [6, 6.07) is 7.15. The minimum atomic E-state index is -0.858. The molecule has 0 radical (unpaired) electrons. The van der Waals surface area contributed by atoms with Gasteiger partial charge in [0.05, 0.1) is 5.56 Å². The highest BCUT2D eigenvalue weighted by atomic mass is 16.4. The molecular weight excluding hydrogens is 238 g/mol. The standard InChI is InChI=1S/C16H23NO2/c18-16(19)15-9-3-7-14(11-15)12-17-10-4-8-13-5-1-2-6-13/h3,7,9,11,13,17H,1-2,4-6,8,10,12H2,(H,18,19). The fourth-order valence-electron chi connectivity index (χ4n) is 2.86. The van der Waals surface area contributed by atoms with Crippen LogP contribution in [0.5, 0.6) is 0 Å². The van der Waals surface area contributed by atoms with Gasteiger partial charge < -0.3 is 10.4 Å². The minimum Gasteiger partial charge on any atom is -0.478 e. The Hall–Kier alpha value is -1.35. The molecule has 19 heavy (non-hydrogen) atoms. The third-order valence-corrected chi connectivity index (χ3v) is 3.94. The molecule has 3 heteroatoms. The van der Waals surface area contributed by atoms with Gasteiger partial charge in [-0.2, -0.15) is 0 Å². The van der Waals surface area contributed by atoms with Gasteiger partial charge in [-0.1, -0.05) is 37.8 Å². The maximum Gasteiger partial charge on any atom is 0.335 e. The maximum absolute atomic E-state index is 10.9. The summed E-state index contributed by atoms with van der Waals surface area (Å²) in [5, 5.41) is 12.3. The van der Waals surface area contributed by atoms with E-state index in [-0.39, 0.29) is 0 Å². The Morgan fingerprint density at radius 3 is 2.84 bits per heavy atom. The lowest BCUT2D eigenvalue weighted by atomic mass is 10.0. The average Bonchev–Trinajstić information content (AvgIpc) is 2.92. The van der Waals surface area contributed by atoms with Crippen LogP contribution in [0.25, 0.3) is 0 Å². The van der Waals surface area contributed by atoms with Crippen molar-refractivity contribution in [1.82, 2.24) is 5.32 Å². The SMILES string of the molecule is O=C(O)c1cccc(CNCCCC2CCCC2)c1. The average molecular weight is 261 g/mol. The van der Waals surface area contributed by atoms with E-state index in [1.165, 1.54) is 38.5 Å². The summed E-state index contributed by atoms with van der Waals surface area (Å²) >= 11 is 0. The fourth-order valence-corrected chi connectivity index (χ4v) is 2.86. The lowest BCUT2D eigenvalue weighted by molar-refractivity contribution is 0.0696. The Kier molecular flexibility index (Phi) is 5.40. The van der Waals surface area contributed by atoms with E-state index in [0.29, 0.717) is 5.56 Å². The van der Waals surface area contributed by atoms with Crippen molar-refractivity contribution in [2.75, 3.05) is 6.54 Å². The zero-order valence-corrected chi connectivity index (χ0v) is 11.4. The summed E-state index contributed by atoms with van der Waals surface area (Å²) < 4.78 is 0. The van der Waals surface area contributed by atoms with E-state index >= 15 is 0 Å². The van der Waals surface area contributed by atoms with Crippen LogP contribution >= 0.6 is 0 Å². The van der Waals surface area contributed by atoms with Crippen LogP contribution in [0.4, 0.5) is 0 Å². The summed E-state index contributed by atoms with van der Waals surface area (Å²) in [5.41, 5.74) is 1.41. The van der Waals surface area contributed by atoms with E-state index in [1.807, 2.05) is 6.07 Å². The molecular formula is C16H23NO2. The van der Waals surface area contributed by atoms with Crippen molar-refractivity contribution in [2.45, 2.75) is 45.1 Å². The number of rotatable bonds is 7. The Morgan fingerprint density at radius 1 is 1.32 bits per heavy atom. The second-order valence-corrected chi connectivity index (χ2v) is 5.48. The Balaban J connectivity index is 1.64. The monoisotopic (exact) mass is 261 g/mol. The molecule has 104 valence electrons. The fraction of sp³-hybridized carbons (Fsp3) is 0.562. The zero-order chi connectivity index (χ0) is 13.5. The number of benzene rings is 1. The Labute approximate surface area is 115 Å². The van der Waals surface area contributed by atoms with Crippen molar-refractivity contribution >= 4 is 5.97 Å². The molecule has 1 saturated carbocycles. The predicted octanol–water partition coefficient (Wildman–Crippen LogP) is 3.44. The summed E-state index contributed by atoms with van der Waals surface area (Å²) in [5.74, 6) is 0.0974. The molecule has 0 amide bonds. The van der Waals surface area contributed by atoms with Crippen LogP contribution in [0.2, 0.25) is 0 Å². The molecule has 0 heterocycles. The highest BCUT2D eigenvalue weighted by Gasteiger charge is 2.13. The lowest BCUT2D eigenvalue weighted by Gasteiger charge is -2.09. The molecule has 0 spiro atoms. The van der Waals surface area contributed by atoms with Gasteiger partial charge in [-0.05, 0) is 43.0 Å². The van der Waals surface area contributed by atoms with E-state index in [1.54, 1.807) is 18.2 Å². The number of carboxylic acids is 1. The Morgan fingerprint density at radius 2 is 2.11 bits per heavy atom. The van der Waals surface area contributed by atoms with Crippen LogP contribution in [-0.4, -0.2) is 17.6 Å². The van der Waals surface area contributed by atoms with Crippen LogP contribution < -0.4 is 5.32 Å². The summed E-state index contributed by atoms with van der Waals surface area (Å²) in [6.07, 6.45) is 8.23. The highest BCUT2D eigenvalue weighted by Crippen LogP contribution is 2.28. The number of carbonyl (C=O) groups is 1. The first-order chi connectivity index (χ1) is 9.25. The summed E-state index contributed by atoms with van der Waals surface area (Å²) in [7, 11) is 0. The van der Waals surface area contributed by atoms with E-state index in [9.17, 15) is 4.79 Å². The molecule has 1 aromatic carbocycles. The minimum absolute atomic E-state index is 0.366. The van der Waals surface area contributed by atoms with E-state index in [4.69, 9.17) is 5.11 Å². The first-order valence-electron chi connectivity index (χ1n) is 7.28. The molecule has 1 aliphatic rings. The molecule has 0 aromatic heterocycles. The zero-order valence-electron chi connectivity index (χ0n) is 11.4. The number of carboxylic acid groups (broad SMARTS) is 1. The third kappa shape index (κ3) is 4.67. The largest absolute Gasteiger partial charge is 0.478 e. The number of hydrogen-bond donors (Lipinski definition) is 2. The second kappa shape index (κ2) is 7.29. The van der Waals surface area contributed by atoms with Gasteiger partial charge in [0.2, 0.25) is 0 Å². The van der Waals surface area contributed by atoms with Gasteiger partial charge in [-0.25, -0.2) is 4.79 Å². The summed E-state index contributed by atoms with van der Waals surface area (Å²) in [4.78, 5) is 10.9. The lowest BCUT2D eigenvalue weighted by Crippen LogP contribution is -2.15. The molecule has 2 N–H and O–H groups in total. The van der Waals surface area contributed by atoms with Gasteiger partial charge in [0, 0.05) is 6.54 Å².